The molecule has 52 valence electrons. The lowest BCUT2D eigenvalue weighted by Crippen LogP contribution is -2.02. The Balaban J connectivity index is 1.65. The molecule has 2 unspecified atom stereocenters. The van der Waals surface area contributed by atoms with Crippen molar-refractivity contribution in [3.8, 4) is 0 Å². The molecule has 0 aromatic heterocycles. The van der Waals surface area contributed by atoms with Crippen molar-refractivity contribution in [3.05, 3.63) is 0 Å². The average Bonchev–Trinajstić information content (AvgIpc) is 2.66. The summed E-state index contributed by atoms with van der Waals surface area (Å²) in [5.74, 6) is 0.885. The highest BCUT2D eigenvalue weighted by Gasteiger charge is 2.40. The van der Waals surface area contributed by atoms with E-state index in [-0.39, 0.29) is 0 Å². The highest BCUT2D eigenvalue weighted by atomic mass is 32.2. The zero-order chi connectivity index (χ0) is 6.27. The van der Waals surface area contributed by atoms with Crippen LogP contribution in [0.1, 0.15) is 19.3 Å². The quantitative estimate of drug-likeness (QED) is 0.643. The van der Waals surface area contributed by atoms with Gasteiger partial charge in [0.15, 0.2) is 0 Å². The summed E-state index contributed by atoms with van der Waals surface area (Å²) in [6.07, 6.45) is 4.34. The maximum absolute atomic E-state index is 5.51. The minimum atomic E-state index is 0.885. The van der Waals surface area contributed by atoms with E-state index in [1.165, 1.54) is 19.3 Å². The second-order valence-electron chi connectivity index (χ2n) is 3.11. The van der Waals surface area contributed by atoms with Crippen molar-refractivity contribution in [1.82, 2.24) is 0 Å². The topological polar surface area (TPSA) is 26.0 Å². The van der Waals surface area contributed by atoms with Gasteiger partial charge in [0.05, 0.1) is 0 Å². The Labute approximate surface area is 60.4 Å². The maximum Gasteiger partial charge on any atom is 0.00940 e. The van der Waals surface area contributed by atoms with E-state index in [1.807, 2.05) is 0 Å². The van der Waals surface area contributed by atoms with E-state index in [0.29, 0.717) is 0 Å². The molecule has 2 heteroatoms. The van der Waals surface area contributed by atoms with Crippen LogP contribution in [0.5, 0.6) is 0 Å². The Morgan fingerprint density at radius 2 is 2.22 bits per heavy atom. The molecule has 2 aliphatic carbocycles. The molecule has 2 rings (SSSR count). The largest absolute Gasteiger partial charge is 0.330 e. The van der Waals surface area contributed by atoms with E-state index in [0.717, 1.165) is 23.0 Å². The van der Waals surface area contributed by atoms with Gasteiger partial charge in [0.1, 0.15) is 0 Å². The van der Waals surface area contributed by atoms with Gasteiger partial charge in [-0.15, -0.1) is 0 Å². The van der Waals surface area contributed by atoms with Crippen LogP contribution in [0.4, 0.5) is 0 Å². The molecule has 0 radical (unpaired) electrons. The number of nitrogens with two attached hydrogens (primary N) is 1. The van der Waals surface area contributed by atoms with Crippen molar-refractivity contribution in [2.75, 3.05) is 6.54 Å². The molecule has 1 nitrogen and oxygen atoms in total. The molecule has 2 aliphatic rings. The van der Waals surface area contributed by atoms with E-state index in [2.05, 4.69) is 11.8 Å². The molecule has 2 N–H and O–H groups in total. The molecule has 9 heavy (non-hydrogen) atoms. The van der Waals surface area contributed by atoms with Crippen LogP contribution in [0, 0.1) is 5.92 Å². The normalized spacial score (nSPS) is 41.0. The van der Waals surface area contributed by atoms with Crippen LogP contribution in [-0.4, -0.2) is 17.0 Å². The molecular weight excluding hydrogens is 130 g/mol. The average molecular weight is 143 g/mol. The van der Waals surface area contributed by atoms with Crippen LogP contribution < -0.4 is 5.73 Å². The summed E-state index contributed by atoms with van der Waals surface area (Å²) in [4.78, 5) is 0. The SMILES string of the molecule is NCC1CC1SC1CC1. The first-order valence-corrected chi connectivity index (χ1v) is 4.70. The van der Waals surface area contributed by atoms with Crippen LogP contribution in [0.25, 0.3) is 0 Å². The highest BCUT2D eigenvalue weighted by molar-refractivity contribution is 8.01. The molecule has 2 saturated carbocycles. The predicted octanol–water partition coefficient (Wildman–Crippen LogP) is 1.23. The highest BCUT2D eigenvalue weighted by Crippen LogP contribution is 2.48. The molecular formula is C7H13NS. The fourth-order valence-electron chi connectivity index (χ4n) is 1.09. The molecule has 2 atom stereocenters. The molecule has 0 aliphatic heterocycles. The fourth-order valence-corrected chi connectivity index (χ4v) is 2.68. The minimum absolute atomic E-state index is 0.885. The molecule has 0 aromatic carbocycles. The van der Waals surface area contributed by atoms with E-state index < -0.39 is 0 Å². The maximum atomic E-state index is 5.51. The summed E-state index contributed by atoms with van der Waals surface area (Å²) in [6, 6.07) is 0. The number of hydrogen-bond donors (Lipinski definition) is 1. The predicted molar refractivity (Wildman–Crippen MR) is 41.6 cm³/mol. The van der Waals surface area contributed by atoms with Crippen LogP contribution in [0.15, 0.2) is 0 Å². The summed E-state index contributed by atoms with van der Waals surface area (Å²) in [7, 11) is 0. The van der Waals surface area contributed by atoms with Crippen molar-refractivity contribution < 1.29 is 0 Å². The van der Waals surface area contributed by atoms with Gasteiger partial charge in [-0.05, 0) is 31.7 Å². The molecule has 0 aromatic rings. The van der Waals surface area contributed by atoms with Gasteiger partial charge in [0.2, 0.25) is 0 Å². The lowest BCUT2D eigenvalue weighted by Gasteiger charge is -1.92. The van der Waals surface area contributed by atoms with Crippen LogP contribution in [0.3, 0.4) is 0 Å². The number of hydrogen-bond acceptors (Lipinski definition) is 2. The van der Waals surface area contributed by atoms with E-state index >= 15 is 0 Å². The molecule has 0 amide bonds. The van der Waals surface area contributed by atoms with Crippen molar-refractivity contribution in [2.24, 2.45) is 11.7 Å². The fraction of sp³-hybridized carbons (Fsp3) is 1.00. The zero-order valence-corrected chi connectivity index (χ0v) is 6.36. The second-order valence-corrected chi connectivity index (χ2v) is 4.65. The summed E-state index contributed by atoms with van der Waals surface area (Å²) in [5, 5.41) is 1.99. The van der Waals surface area contributed by atoms with Gasteiger partial charge in [-0.2, -0.15) is 11.8 Å². The van der Waals surface area contributed by atoms with E-state index in [1.54, 1.807) is 0 Å². The van der Waals surface area contributed by atoms with Gasteiger partial charge in [0.25, 0.3) is 0 Å². The first kappa shape index (κ1) is 6.05. The summed E-state index contributed by atoms with van der Waals surface area (Å²) < 4.78 is 0. The first-order chi connectivity index (χ1) is 4.40. The lowest BCUT2D eigenvalue weighted by atomic mass is 10.4. The van der Waals surface area contributed by atoms with Gasteiger partial charge in [-0.25, -0.2) is 0 Å². The third-order valence-electron chi connectivity index (χ3n) is 2.05. The van der Waals surface area contributed by atoms with E-state index in [4.69, 9.17) is 5.73 Å². The third-order valence-corrected chi connectivity index (χ3v) is 3.84. The number of rotatable bonds is 3. The molecule has 0 bridgehead atoms. The van der Waals surface area contributed by atoms with Crippen molar-refractivity contribution in [2.45, 2.75) is 29.8 Å². The van der Waals surface area contributed by atoms with Gasteiger partial charge >= 0.3 is 0 Å². The second kappa shape index (κ2) is 2.17. The van der Waals surface area contributed by atoms with Crippen LogP contribution in [-0.2, 0) is 0 Å². The van der Waals surface area contributed by atoms with Gasteiger partial charge < -0.3 is 5.73 Å². The van der Waals surface area contributed by atoms with Gasteiger partial charge in [-0.1, -0.05) is 0 Å². The third kappa shape index (κ3) is 1.41. The van der Waals surface area contributed by atoms with Crippen molar-refractivity contribution >= 4 is 11.8 Å². The van der Waals surface area contributed by atoms with Gasteiger partial charge in [0, 0.05) is 10.5 Å². The Kier molecular flexibility index (Phi) is 1.46. The molecule has 0 heterocycles. The van der Waals surface area contributed by atoms with Crippen molar-refractivity contribution in [3.63, 3.8) is 0 Å². The standard InChI is InChI=1S/C7H13NS/c8-4-5-3-7(5)9-6-1-2-6/h5-7H,1-4,8H2. The van der Waals surface area contributed by atoms with Crippen molar-refractivity contribution in [1.29, 1.82) is 0 Å². The Bertz CT molecular complexity index is 111. The molecule has 0 spiro atoms. The Morgan fingerprint density at radius 3 is 2.67 bits per heavy atom. The zero-order valence-electron chi connectivity index (χ0n) is 5.55. The van der Waals surface area contributed by atoms with Crippen LogP contribution in [0.2, 0.25) is 0 Å². The minimum Gasteiger partial charge on any atom is -0.330 e. The first-order valence-electron chi connectivity index (χ1n) is 3.75. The smallest absolute Gasteiger partial charge is 0.00940 e. The summed E-state index contributed by atoms with van der Waals surface area (Å²) in [6.45, 7) is 0.921. The molecule has 0 saturated heterocycles. The number of thioether (sulfide) groups is 1. The lowest BCUT2D eigenvalue weighted by molar-refractivity contribution is 0.851. The monoisotopic (exact) mass is 143 g/mol. The Hall–Kier alpha value is 0.310. The van der Waals surface area contributed by atoms with E-state index in [9.17, 15) is 0 Å². The summed E-state index contributed by atoms with van der Waals surface area (Å²) in [5.41, 5.74) is 5.51. The van der Waals surface area contributed by atoms with Gasteiger partial charge in [-0.3, -0.25) is 0 Å². The summed E-state index contributed by atoms with van der Waals surface area (Å²) >= 11 is 2.18. The Morgan fingerprint density at radius 1 is 1.44 bits per heavy atom. The van der Waals surface area contributed by atoms with Crippen LogP contribution >= 0.6 is 11.8 Å². The molecule has 2 fully saturated rings.